The number of unbranched alkanes of at least 4 members (excludes halogenated alkanes) is 2. The average Bonchev–Trinajstić information content (AvgIpc) is 2.54. The van der Waals surface area contributed by atoms with E-state index >= 15 is 0 Å². The van der Waals surface area contributed by atoms with Crippen LogP contribution in [0, 0.1) is 0 Å². The molecule has 0 aromatic heterocycles. The van der Waals surface area contributed by atoms with Crippen molar-refractivity contribution in [2.45, 2.75) is 32.4 Å². The van der Waals surface area contributed by atoms with E-state index < -0.39 is 0 Å². The topological polar surface area (TPSA) is 79.0 Å². The van der Waals surface area contributed by atoms with Crippen molar-refractivity contribution in [2.24, 2.45) is 0 Å². The van der Waals surface area contributed by atoms with E-state index in [-0.39, 0.29) is 15.6 Å². The molecule has 4 N–H and O–H groups in total. The number of nitrogen functional groups attached to an aromatic ring is 1. The first-order valence-corrected chi connectivity index (χ1v) is 9.48. The van der Waals surface area contributed by atoms with Crippen molar-refractivity contribution >= 4 is 14.7 Å². The maximum Gasteiger partial charge on any atom is 0.151 e. The van der Waals surface area contributed by atoms with Gasteiger partial charge in [-0.15, -0.1) is 0 Å². The number of aliphatic hydroxyl groups is 1. The van der Waals surface area contributed by atoms with Crippen LogP contribution >= 0.6 is 9.03 Å². The molecule has 0 fully saturated rings. The Labute approximate surface area is 155 Å². The van der Waals surface area contributed by atoms with Crippen LogP contribution in [0.5, 0.6) is 0 Å². The lowest BCUT2D eigenvalue weighted by molar-refractivity contribution is -0.870. The Hall–Kier alpha value is -0.750. The van der Waals surface area contributed by atoms with Gasteiger partial charge in [-0.1, -0.05) is 6.07 Å². The van der Waals surface area contributed by atoms with Crippen molar-refractivity contribution in [3.8, 4) is 0 Å². The van der Waals surface area contributed by atoms with Gasteiger partial charge in [-0.05, 0) is 56.1 Å². The number of benzene rings is 1. The Balaban J connectivity index is 0.00000129. The summed E-state index contributed by atoms with van der Waals surface area (Å²) in [5, 5.41) is 9.38. The van der Waals surface area contributed by atoms with Gasteiger partial charge in [-0.3, -0.25) is 0 Å². The molecule has 0 aliphatic carbocycles. The monoisotopic (exact) mass is 374 g/mol. The molecular formula is C18H37N3O3P+. The molecule has 1 unspecified atom stereocenters. The van der Waals surface area contributed by atoms with Crippen LogP contribution in [-0.4, -0.2) is 67.8 Å². The van der Waals surface area contributed by atoms with Gasteiger partial charge in [-0.25, -0.2) is 0 Å². The molecule has 0 radical (unpaired) electrons. The summed E-state index contributed by atoms with van der Waals surface area (Å²) in [5.74, 6) is 0. The lowest BCUT2D eigenvalue weighted by atomic mass is 10.1. The van der Waals surface area contributed by atoms with Crippen LogP contribution < -0.4 is 5.73 Å². The molecule has 1 aromatic rings. The largest absolute Gasteiger partial charge is 0.399 e. The molecule has 0 saturated carbocycles. The molecule has 6 nitrogen and oxygen atoms in total. The summed E-state index contributed by atoms with van der Waals surface area (Å²) in [4.78, 5) is 9.99. The number of hydrogen-bond acceptors (Lipinski definition) is 5. The summed E-state index contributed by atoms with van der Waals surface area (Å²) in [7, 11) is 9.93. The van der Waals surface area contributed by atoms with E-state index in [1.807, 2.05) is 18.2 Å². The molecule has 0 amide bonds. The first-order chi connectivity index (χ1) is 11.7. The Morgan fingerprint density at radius 3 is 2.32 bits per heavy atom. The predicted octanol–water partition coefficient (Wildman–Crippen LogP) is 2.20. The van der Waals surface area contributed by atoms with Crippen molar-refractivity contribution in [2.75, 3.05) is 54.1 Å². The molecule has 146 valence electrons. The average molecular weight is 374 g/mol. The molecule has 1 rings (SSSR count). The molecule has 1 aromatic carbocycles. The van der Waals surface area contributed by atoms with E-state index in [1.165, 1.54) is 32.9 Å². The van der Waals surface area contributed by atoms with Crippen LogP contribution in [0.25, 0.3) is 0 Å². The first-order valence-electron chi connectivity index (χ1n) is 8.62. The van der Waals surface area contributed by atoms with Gasteiger partial charge in [0.1, 0.15) is 0 Å². The molecule has 0 aliphatic rings. The summed E-state index contributed by atoms with van der Waals surface area (Å²) < 4.78 is 5.17. The number of quaternary nitrogens is 1. The fraction of sp³-hybridized carbons (Fsp3) is 0.667. The first kappa shape index (κ1) is 24.2. The fourth-order valence-electron chi connectivity index (χ4n) is 2.46. The molecule has 0 bridgehead atoms. The molecule has 0 saturated heterocycles. The van der Waals surface area contributed by atoms with Gasteiger partial charge in [0.05, 0.1) is 34.3 Å². The smallest absolute Gasteiger partial charge is 0.151 e. The summed E-state index contributed by atoms with van der Waals surface area (Å²) in [6.07, 6.45) is 3.76. The van der Waals surface area contributed by atoms with Gasteiger partial charge in [0.15, 0.2) is 9.03 Å². The van der Waals surface area contributed by atoms with E-state index in [0.29, 0.717) is 0 Å². The standard InChI is InChI=1S/C17H32N3O.CH5O2P/c1-19(10-6-5-7-11-20(2,3)4)13-16-12-17(18)9-8-15(16)14-21;1-3-4-2/h8-9,12,21H,5-7,10-11,13-14,18H2,1-4H3;2,4H,1H3/q+1;. The zero-order valence-corrected chi connectivity index (χ0v) is 17.5. The minimum absolute atomic E-state index is 0.0763. The SMILES string of the molecule is CN(CCCCC[N+](C)(C)C)Cc1cc(N)ccc1CO.COPO. The molecule has 0 heterocycles. The Morgan fingerprint density at radius 1 is 1.16 bits per heavy atom. The van der Waals surface area contributed by atoms with E-state index in [0.717, 1.165) is 34.4 Å². The quantitative estimate of drug-likeness (QED) is 0.253. The van der Waals surface area contributed by atoms with Crippen molar-refractivity contribution in [3.05, 3.63) is 29.3 Å². The second kappa shape index (κ2) is 13.5. The third-order valence-corrected chi connectivity index (χ3v) is 3.98. The Bertz CT molecular complexity index is 465. The van der Waals surface area contributed by atoms with E-state index in [1.54, 1.807) is 0 Å². The zero-order valence-electron chi connectivity index (χ0n) is 16.5. The van der Waals surface area contributed by atoms with E-state index in [2.05, 4.69) is 37.6 Å². The van der Waals surface area contributed by atoms with Gasteiger partial charge in [0, 0.05) is 19.3 Å². The predicted molar refractivity (Wildman–Crippen MR) is 107 cm³/mol. The zero-order chi connectivity index (χ0) is 19.3. The number of nitrogens with zero attached hydrogens (tertiary/aromatic N) is 2. The normalized spacial score (nSPS) is 11.8. The second-order valence-corrected chi connectivity index (χ2v) is 7.88. The molecule has 7 heteroatoms. The van der Waals surface area contributed by atoms with Crippen molar-refractivity contribution in [3.63, 3.8) is 0 Å². The fourth-order valence-corrected chi connectivity index (χ4v) is 2.46. The molecule has 0 aliphatic heterocycles. The highest BCUT2D eigenvalue weighted by Crippen LogP contribution is 2.16. The van der Waals surface area contributed by atoms with Crippen molar-refractivity contribution in [1.29, 1.82) is 0 Å². The highest BCUT2D eigenvalue weighted by molar-refractivity contribution is 7.24. The van der Waals surface area contributed by atoms with Crippen LogP contribution in [0.3, 0.4) is 0 Å². The third-order valence-electron chi connectivity index (χ3n) is 3.80. The van der Waals surface area contributed by atoms with Gasteiger partial charge < -0.3 is 29.6 Å². The van der Waals surface area contributed by atoms with Crippen LogP contribution in [0.15, 0.2) is 18.2 Å². The van der Waals surface area contributed by atoms with Crippen LogP contribution in [-0.2, 0) is 17.7 Å². The van der Waals surface area contributed by atoms with Gasteiger partial charge >= 0.3 is 0 Å². The van der Waals surface area contributed by atoms with Gasteiger partial charge in [0.25, 0.3) is 0 Å². The number of rotatable bonds is 10. The number of nitrogens with two attached hydrogens (primary N) is 1. The second-order valence-electron chi connectivity index (χ2n) is 7.29. The Morgan fingerprint density at radius 2 is 1.80 bits per heavy atom. The van der Waals surface area contributed by atoms with E-state index in [4.69, 9.17) is 10.6 Å². The minimum atomic E-state index is -0.360. The molecular weight excluding hydrogens is 337 g/mol. The van der Waals surface area contributed by atoms with Crippen LogP contribution in [0.1, 0.15) is 30.4 Å². The highest BCUT2D eigenvalue weighted by atomic mass is 31.1. The highest BCUT2D eigenvalue weighted by Gasteiger charge is 2.08. The van der Waals surface area contributed by atoms with Gasteiger partial charge in [-0.2, -0.15) is 0 Å². The Kier molecular flexibility index (Phi) is 13.0. The maximum atomic E-state index is 9.38. The van der Waals surface area contributed by atoms with E-state index in [9.17, 15) is 5.11 Å². The molecule has 0 spiro atoms. The minimum Gasteiger partial charge on any atom is -0.399 e. The lowest BCUT2D eigenvalue weighted by Gasteiger charge is -2.24. The third kappa shape index (κ3) is 13.2. The summed E-state index contributed by atoms with van der Waals surface area (Å²) in [5.41, 5.74) is 8.70. The summed E-state index contributed by atoms with van der Waals surface area (Å²) in [6, 6.07) is 5.73. The number of hydrogen-bond donors (Lipinski definition) is 3. The lowest BCUT2D eigenvalue weighted by Crippen LogP contribution is -2.35. The van der Waals surface area contributed by atoms with Crippen molar-refractivity contribution in [1.82, 2.24) is 4.90 Å². The van der Waals surface area contributed by atoms with Gasteiger partial charge in [0.2, 0.25) is 0 Å². The summed E-state index contributed by atoms with van der Waals surface area (Å²) >= 11 is 0. The summed E-state index contributed by atoms with van der Waals surface area (Å²) in [6.45, 7) is 3.23. The molecule has 1 atom stereocenters. The van der Waals surface area contributed by atoms with Crippen LogP contribution in [0.2, 0.25) is 0 Å². The number of anilines is 1. The van der Waals surface area contributed by atoms with Crippen LogP contribution in [0.4, 0.5) is 5.69 Å². The number of aliphatic hydroxyl groups excluding tert-OH is 1. The molecule has 25 heavy (non-hydrogen) atoms. The van der Waals surface area contributed by atoms with Crippen molar-refractivity contribution < 1.29 is 19.0 Å². The maximum absolute atomic E-state index is 9.38.